The molecule has 0 radical (unpaired) electrons. The van der Waals surface area contributed by atoms with Crippen molar-refractivity contribution in [1.29, 1.82) is 0 Å². The quantitative estimate of drug-likeness (QED) is 0.743. The van der Waals surface area contributed by atoms with E-state index in [1.165, 1.54) is 12.8 Å². The Labute approximate surface area is 130 Å². The maximum Gasteiger partial charge on any atom is 0.311 e. The van der Waals surface area contributed by atoms with Crippen LogP contribution in [0.5, 0.6) is 0 Å². The zero-order valence-corrected chi connectivity index (χ0v) is 13.2. The lowest BCUT2D eigenvalue weighted by Crippen LogP contribution is -2.29. The summed E-state index contributed by atoms with van der Waals surface area (Å²) in [6.07, 6.45) is 2.72. The van der Waals surface area contributed by atoms with E-state index in [0.29, 0.717) is 32.0 Å². The van der Waals surface area contributed by atoms with Gasteiger partial charge in [-0.25, -0.2) is 0 Å². The SMILES string of the molecule is Cc1cc(C)n(CCOC(=O)C2CC(=O)N(CC3CC3)C2)n1. The van der Waals surface area contributed by atoms with Gasteiger partial charge in [0.05, 0.1) is 18.2 Å². The van der Waals surface area contributed by atoms with Crippen LogP contribution in [0.25, 0.3) is 0 Å². The molecule has 1 aromatic heterocycles. The van der Waals surface area contributed by atoms with E-state index in [1.807, 2.05) is 29.5 Å². The molecule has 0 aromatic carbocycles. The van der Waals surface area contributed by atoms with E-state index >= 15 is 0 Å². The van der Waals surface area contributed by atoms with Gasteiger partial charge in [-0.1, -0.05) is 0 Å². The van der Waals surface area contributed by atoms with Crippen LogP contribution in [0.3, 0.4) is 0 Å². The largest absolute Gasteiger partial charge is 0.463 e. The topological polar surface area (TPSA) is 64.4 Å². The van der Waals surface area contributed by atoms with Gasteiger partial charge in [0, 0.05) is 25.2 Å². The fraction of sp³-hybridized carbons (Fsp3) is 0.688. The van der Waals surface area contributed by atoms with Crippen LogP contribution in [-0.4, -0.2) is 46.3 Å². The second-order valence-corrected chi connectivity index (χ2v) is 6.46. The molecular formula is C16H23N3O3. The van der Waals surface area contributed by atoms with Crippen LogP contribution in [0.15, 0.2) is 6.07 Å². The van der Waals surface area contributed by atoms with Gasteiger partial charge in [0.1, 0.15) is 6.61 Å². The first-order valence-corrected chi connectivity index (χ1v) is 7.98. The molecule has 1 aromatic rings. The van der Waals surface area contributed by atoms with Crippen LogP contribution in [0.2, 0.25) is 0 Å². The highest BCUT2D eigenvalue weighted by atomic mass is 16.5. The summed E-state index contributed by atoms with van der Waals surface area (Å²) >= 11 is 0. The Morgan fingerprint density at radius 3 is 2.82 bits per heavy atom. The minimum Gasteiger partial charge on any atom is -0.463 e. The monoisotopic (exact) mass is 305 g/mol. The molecule has 1 saturated heterocycles. The molecule has 1 saturated carbocycles. The van der Waals surface area contributed by atoms with Crippen molar-refractivity contribution >= 4 is 11.9 Å². The van der Waals surface area contributed by atoms with E-state index in [-0.39, 0.29) is 17.8 Å². The highest BCUT2D eigenvalue weighted by Gasteiger charge is 2.37. The number of esters is 1. The van der Waals surface area contributed by atoms with Crippen molar-refractivity contribution in [2.24, 2.45) is 11.8 Å². The molecule has 6 nitrogen and oxygen atoms in total. The first kappa shape index (κ1) is 15.1. The van der Waals surface area contributed by atoms with Crippen molar-refractivity contribution in [3.8, 4) is 0 Å². The summed E-state index contributed by atoms with van der Waals surface area (Å²) in [5, 5.41) is 4.33. The highest BCUT2D eigenvalue weighted by Crippen LogP contribution is 2.32. The Hall–Kier alpha value is -1.85. The first-order chi connectivity index (χ1) is 10.5. The highest BCUT2D eigenvalue weighted by molar-refractivity contribution is 5.86. The summed E-state index contributed by atoms with van der Waals surface area (Å²) in [5.41, 5.74) is 2.01. The lowest BCUT2D eigenvalue weighted by atomic mass is 10.1. The average Bonchev–Trinajstić information content (AvgIpc) is 3.12. The van der Waals surface area contributed by atoms with Crippen LogP contribution < -0.4 is 0 Å². The van der Waals surface area contributed by atoms with Crippen molar-refractivity contribution < 1.29 is 14.3 Å². The Kier molecular flexibility index (Phi) is 4.18. The van der Waals surface area contributed by atoms with E-state index in [9.17, 15) is 9.59 Å². The number of carbonyl (C=O) groups is 2. The van der Waals surface area contributed by atoms with Crippen molar-refractivity contribution in [2.45, 2.75) is 39.7 Å². The molecule has 1 aliphatic heterocycles. The van der Waals surface area contributed by atoms with E-state index in [4.69, 9.17) is 4.74 Å². The van der Waals surface area contributed by atoms with Gasteiger partial charge in [-0.05, 0) is 38.7 Å². The molecule has 1 aliphatic carbocycles. The Morgan fingerprint density at radius 1 is 1.41 bits per heavy atom. The van der Waals surface area contributed by atoms with Crippen LogP contribution in [0.1, 0.15) is 30.7 Å². The molecular weight excluding hydrogens is 282 g/mol. The van der Waals surface area contributed by atoms with Crippen molar-refractivity contribution in [3.63, 3.8) is 0 Å². The van der Waals surface area contributed by atoms with Gasteiger partial charge in [0.2, 0.25) is 5.91 Å². The van der Waals surface area contributed by atoms with Crippen LogP contribution in [0.4, 0.5) is 0 Å². The molecule has 0 spiro atoms. The third-order valence-electron chi connectivity index (χ3n) is 4.37. The summed E-state index contributed by atoms with van der Waals surface area (Å²) in [6.45, 7) is 6.11. The number of aromatic nitrogens is 2. The van der Waals surface area contributed by atoms with Gasteiger partial charge in [0.25, 0.3) is 0 Å². The number of amides is 1. The standard InChI is InChI=1S/C16H23N3O3/c1-11-7-12(2)19(17-11)5-6-22-16(21)14-8-15(20)18(10-14)9-13-3-4-13/h7,13-14H,3-6,8-10H2,1-2H3. The molecule has 1 amide bonds. The zero-order chi connectivity index (χ0) is 15.7. The van der Waals surface area contributed by atoms with Crippen molar-refractivity contribution in [3.05, 3.63) is 17.5 Å². The average molecular weight is 305 g/mol. The molecule has 3 rings (SSSR count). The summed E-state index contributed by atoms with van der Waals surface area (Å²) in [7, 11) is 0. The summed E-state index contributed by atoms with van der Waals surface area (Å²) in [4.78, 5) is 25.8. The van der Waals surface area contributed by atoms with Gasteiger partial charge in [0.15, 0.2) is 0 Å². The lowest BCUT2D eigenvalue weighted by molar-refractivity contribution is -0.148. The maximum absolute atomic E-state index is 12.1. The fourth-order valence-electron chi connectivity index (χ4n) is 2.97. The molecule has 2 heterocycles. The number of hydrogen-bond donors (Lipinski definition) is 0. The van der Waals surface area contributed by atoms with E-state index in [0.717, 1.165) is 17.9 Å². The third kappa shape index (κ3) is 3.48. The Morgan fingerprint density at radius 2 is 2.18 bits per heavy atom. The summed E-state index contributed by atoms with van der Waals surface area (Å²) < 4.78 is 7.17. The maximum atomic E-state index is 12.1. The van der Waals surface area contributed by atoms with Gasteiger partial charge in [-0.3, -0.25) is 14.3 Å². The lowest BCUT2D eigenvalue weighted by Gasteiger charge is -2.15. The van der Waals surface area contributed by atoms with Crippen molar-refractivity contribution in [2.75, 3.05) is 19.7 Å². The molecule has 2 aliphatic rings. The summed E-state index contributed by atoms with van der Waals surface area (Å²) in [5.74, 6) is 0.192. The van der Waals surface area contributed by atoms with Gasteiger partial charge >= 0.3 is 5.97 Å². The number of rotatable bonds is 6. The van der Waals surface area contributed by atoms with E-state index in [1.54, 1.807) is 0 Å². The number of nitrogens with zero attached hydrogens (tertiary/aromatic N) is 3. The number of likely N-dealkylation sites (tertiary alicyclic amines) is 1. The van der Waals surface area contributed by atoms with E-state index in [2.05, 4.69) is 5.10 Å². The molecule has 2 fully saturated rings. The molecule has 1 unspecified atom stereocenters. The van der Waals surface area contributed by atoms with Crippen LogP contribution in [0, 0.1) is 25.7 Å². The second kappa shape index (κ2) is 6.10. The smallest absolute Gasteiger partial charge is 0.311 e. The molecule has 120 valence electrons. The second-order valence-electron chi connectivity index (χ2n) is 6.46. The first-order valence-electron chi connectivity index (χ1n) is 7.98. The Bertz CT molecular complexity index is 577. The Balaban J connectivity index is 1.44. The molecule has 0 bridgehead atoms. The molecule has 22 heavy (non-hydrogen) atoms. The summed E-state index contributed by atoms with van der Waals surface area (Å²) in [6, 6.07) is 1.99. The van der Waals surface area contributed by atoms with Gasteiger partial charge in [-0.15, -0.1) is 0 Å². The fourth-order valence-corrected chi connectivity index (χ4v) is 2.97. The van der Waals surface area contributed by atoms with Gasteiger partial charge in [-0.2, -0.15) is 5.10 Å². The number of ether oxygens (including phenoxy) is 1. The number of carbonyl (C=O) groups excluding carboxylic acids is 2. The van der Waals surface area contributed by atoms with Crippen molar-refractivity contribution in [1.82, 2.24) is 14.7 Å². The third-order valence-corrected chi connectivity index (χ3v) is 4.37. The minimum atomic E-state index is -0.299. The zero-order valence-electron chi connectivity index (χ0n) is 13.2. The molecule has 1 atom stereocenters. The molecule has 0 N–H and O–H groups in total. The number of aryl methyl sites for hydroxylation is 2. The normalized spacial score (nSPS) is 21.5. The minimum absolute atomic E-state index is 0.0902. The van der Waals surface area contributed by atoms with Gasteiger partial charge < -0.3 is 9.64 Å². The predicted molar refractivity (Wildman–Crippen MR) is 80.1 cm³/mol. The predicted octanol–water partition coefficient (Wildman–Crippen LogP) is 1.30. The van der Waals surface area contributed by atoms with Crippen LogP contribution in [-0.2, 0) is 20.9 Å². The van der Waals surface area contributed by atoms with E-state index < -0.39 is 0 Å². The number of hydrogen-bond acceptors (Lipinski definition) is 4. The van der Waals surface area contributed by atoms with Crippen LogP contribution >= 0.6 is 0 Å². The molecule has 6 heteroatoms.